The summed E-state index contributed by atoms with van der Waals surface area (Å²) in [6.45, 7) is 1.68. The van der Waals surface area contributed by atoms with Crippen LogP contribution >= 0.6 is 0 Å². The third kappa shape index (κ3) is 4.46. The van der Waals surface area contributed by atoms with Gasteiger partial charge in [0.05, 0.1) is 11.3 Å². The van der Waals surface area contributed by atoms with Gasteiger partial charge >= 0.3 is 5.97 Å². The fourth-order valence-electron chi connectivity index (χ4n) is 2.80. The zero-order valence-corrected chi connectivity index (χ0v) is 12.9. The van der Waals surface area contributed by atoms with Crippen LogP contribution in [0.3, 0.4) is 0 Å². The van der Waals surface area contributed by atoms with Crippen molar-refractivity contribution in [1.82, 2.24) is 0 Å². The van der Waals surface area contributed by atoms with Crippen LogP contribution in [0.15, 0.2) is 18.2 Å². The van der Waals surface area contributed by atoms with Crippen molar-refractivity contribution in [3.05, 3.63) is 29.3 Å². The molecule has 0 bridgehead atoms. The zero-order chi connectivity index (χ0) is 15.5. The molecule has 1 aromatic rings. The molecule has 5 nitrogen and oxygen atoms in total. The minimum atomic E-state index is -3.43. The molecule has 0 unspecified atom stereocenters. The number of benzene rings is 1. The first-order valence-corrected chi connectivity index (χ1v) is 8.87. The molecule has 0 heterocycles. The van der Waals surface area contributed by atoms with E-state index < -0.39 is 16.0 Å². The van der Waals surface area contributed by atoms with E-state index in [1.54, 1.807) is 19.1 Å². The van der Waals surface area contributed by atoms with Crippen molar-refractivity contribution in [2.75, 3.05) is 10.5 Å². The summed E-state index contributed by atoms with van der Waals surface area (Å²) in [6, 6.07) is 4.58. The predicted molar refractivity (Wildman–Crippen MR) is 82.1 cm³/mol. The maximum Gasteiger partial charge on any atom is 0.336 e. The van der Waals surface area contributed by atoms with Gasteiger partial charge in [-0.3, -0.25) is 4.72 Å². The van der Waals surface area contributed by atoms with Crippen LogP contribution in [0.4, 0.5) is 5.69 Å². The monoisotopic (exact) mass is 311 g/mol. The summed E-state index contributed by atoms with van der Waals surface area (Å²) >= 11 is 0. The van der Waals surface area contributed by atoms with Crippen LogP contribution in [0, 0.1) is 12.8 Å². The Morgan fingerprint density at radius 2 is 1.95 bits per heavy atom. The molecule has 0 radical (unpaired) electrons. The number of carboxylic acids is 1. The van der Waals surface area contributed by atoms with Gasteiger partial charge < -0.3 is 5.11 Å². The van der Waals surface area contributed by atoms with Gasteiger partial charge in [-0.15, -0.1) is 0 Å². The molecule has 2 rings (SSSR count). The topological polar surface area (TPSA) is 83.5 Å². The number of hydrogen-bond acceptors (Lipinski definition) is 3. The molecule has 0 aliphatic heterocycles. The molecule has 1 aliphatic rings. The Morgan fingerprint density at radius 1 is 1.29 bits per heavy atom. The number of carbonyl (C=O) groups is 1. The van der Waals surface area contributed by atoms with Crippen molar-refractivity contribution in [2.45, 2.75) is 39.0 Å². The summed E-state index contributed by atoms with van der Waals surface area (Å²) in [6.07, 6.45) is 5.27. The van der Waals surface area contributed by atoms with E-state index in [9.17, 15) is 13.2 Å². The molecule has 1 aromatic carbocycles. The molecule has 1 saturated carbocycles. The van der Waals surface area contributed by atoms with Gasteiger partial charge in [0, 0.05) is 5.69 Å². The quantitative estimate of drug-likeness (QED) is 0.875. The van der Waals surface area contributed by atoms with E-state index in [2.05, 4.69) is 4.72 Å². The Bertz CT molecular complexity index is 619. The molecule has 0 aromatic heterocycles. The van der Waals surface area contributed by atoms with Crippen molar-refractivity contribution >= 4 is 21.7 Å². The molecule has 6 heteroatoms. The van der Waals surface area contributed by atoms with Crippen LogP contribution in [-0.2, 0) is 10.0 Å². The minimum absolute atomic E-state index is 0.114. The number of aryl methyl sites for hydroxylation is 1. The summed E-state index contributed by atoms with van der Waals surface area (Å²) < 4.78 is 26.8. The van der Waals surface area contributed by atoms with Crippen LogP contribution in [-0.4, -0.2) is 25.2 Å². The summed E-state index contributed by atoms with van der Waals surface area (Å²) in [5, 5.41) is 9.07. The van der Waals surface area contributed by atoms with E-state index in [4.69, 9.17) is 5.11 Å². The van der Waals surface area contributed by atoms with Crippen molar-refractivity contribution in [3.63, 3.8) is 0 Å². The number of rotatable bonds is 5. The second-order valence-corrected chi connectivity index (χ2v) is 7.49. The number of sulfonamides is 1. The van der Waals surface area contributed by atoms with E-state index in [1.807, 2.05) is 0 Å². The maximum atomic E-state index is 12.2. The molecule has 0 atom stereocenters. The normalized spacial score (nSPS) is 16.6. The first kappa shape index (κ1) is 15.8. The lowest BCUT2D eigenvalue weighted by atomic mass is 9.91. The smallest absolute Gasteiger partial charge is 0.336 e. The fourth-order valence-corrected chi connectivity index (χ4v) is 4.32. The lowest BCUT2D eigenvalue weighted by Gasteiger charge is -2.21. The Balaban J connectivity index is 2.09. The Kier molecular flexibility index (Phi) is 4.88. The van der Waals surface area contributed by atoms with Gasteiger partial charge in [-0.1, -0.05) is 25.3 Å². The number of anilines is 1. The van der Waals surface area contributed by atoms with E-state index in [1.165, 1.54) is 12.5 Å². The molecule has 116 valence electrons. The van der Waals surface area contributed by atoms with Gasteiger partial charge in [-0.2, -0.15) is 0 Å². The lowest BCUT2D eigenvalue weighted by Crippen LogP contribution is -2.24. The molecular weight excluding hydrogens is 290 g/mol. The van der Waals surface area contributed by atoms with Gasteiger partial charge in [-0.25, -0.2) is 13.2 Å². The van der Waals surface area contributed by atoms with Gasteiger partial charge in [0.2, 0.25) is 10.0 Å². The van der Waals surface area contributed by atoms with Crippen LogP contribution < -0.4 is 4.72 Å². The fraction of sp³-hybridized carbons (Fsp3) is 0.533. The van der Waals surface area contributed by atoms with Crippen molar-refractivity contribution in [3.8, 4) is 0 Å². The second kappa shape index (κ2) is 6.47. The van der Waals surface area contributed by atoms with E-state index in [0.29, 0.717) is 11.3 Å². The molecule has 1 aliphatic carbocycles. The van der Waals surface area contributed by atoms with Crippen LogP contribution in [0.2, 0.25) is 0 Å². The van der Waals surface area contributed by atoms with E-state index in [-0.39, 0.29) is 17.2 Å². The minimum Gasteiger partial charge on any atom is -0.478 e. The molecule has 0 amide bonds. The largest absolute Gasteiger partial charge is 0.478 e. The lowest BCUT2D eigenvalue weighted by molar-refractivity contribution is 0.0696. The second-order valence-electron chi connectivity index (χ2n) is 5.72. The van der Waals surface area contributed by atoms with Crippen LogP contribution in [0.5, 0.6) is 0 Å². The third-order valence-corrected chi connectivity index (χ3v) is 5.38. The van der Waals surface area contributed by atoms with Crippen molar-refractivity contribution in [2.24, 2.45) is 5.92 Å². The van der Waals surface area contributed by atoms with Gasteiger partial charge in [0.1, 0.15) is 0 Å². The summed E-state index contributed by atoms with van der Waals surface area (Å²) in [5.74, 6) is -0.731. The first-order chi connectivity index (χ1) is 9.87. The van der Waals surface area contributed by atoms with Gasteiger partial charge in [0.25, 0.3) is 0 Å². The number of nitrogens with one attached hydrogen (secondary N) is 1. The van der Waals surface area contributed by atoms with Gasteiger partial charge in [0.15, 0.2) is 0 Å². The zero-order valence-electron chi connectivity index (χ0n) is 12.1. The SMILES string of the molecule is Cc1ccc(NS(=O)(=O)CC2CCCCC2)cc1C(=O)O. The highest BCUT2D eigenvalue weighted by Gasteiger charge is 2.21. The Morgan fingerprint density at radius 3 is 2.57 bits per heavy atom. The predicted octanol–water partition coefficient (Wildman–Crippen LogP) is 3.02. The van der Waals surface area contributed by atoms with Crippen molar-refractivity contribution in [1.29, 1.82) is 0 Å². The Labute approximate surface area is 125 Å². The Hall–Kier alpha value is -1.56. The van der Waals surface area contributed by atoms with Crippen LogP contribution in [0.25, 0.3) is 0 Å². The summed E-state index contributed by atoms with van der Waals surface area (Å²) in [4.78, 5) is 11.1. The first-order valence-electron chi connectivity index (χ1n) is 7.22. The van der Waals surface area contributed by atoms with E-state index >= 15 is 0 Å². The highest BCUT2D eigenvalue weighted by molar-refractivity contribution is 7.92. The highest BCUT2D eigenvalue weighted by Crippen LogP contribution is 2.25. The molecule has 0 saturated heterocycles. The average Bonchev–Trinajstić information content (AvgIpc) is 2.41. The summed E-state index contributed by atoms with van der Waals surface area (Å²) in [5.41, 5.74) is 1.04. The number of hydrogen-bond donors (Lipinski definition) is 2. The van der Waals surface area contributed by atoms with Crippen molar-refractivity contribution < 1.29 is 18.3 Å². The molecular formula is C15H21NO4S. The number of carboxylic acid groups (broad SMARTS) is 1. The number of aromatic carboxylic acids is 1. The van der Waals surface area contributed by atoms with Crippen LogP contribution in [0.1, 0.15) is 48.0 Å². The molecule has 2 N–H and O–H groups in total. The van der Waals surface area contributed by atoms with Gasteiger partial charge in [-0.05, 0) is 43.4 Å². The standard InChI is InChI=1S/C15H21NO4S/c1-11-7-8-13(9-14(11)15(17)18)16-21(19,20)10-12-5-3-2-4-6-12/h7-9,12,16H,2-6,10H2,1H3,(H,17,18). The molecule has 21 heavy (non-hydrogen) atoms. The highest BCUT2D eigenvalue weighted by atomic mass is 32.2. The average molecular weight is 311 g/mol. The maximum absolute atomic E-state index is 12.2. The third-order valence-electron chi connectivity index (χ3n) is 3.92. The molecule has 0 spiro atoms. The van der Waals surface area contributed by atoms with E-state index in [0.717, 1.165) is 25.7 Å². The molecule has 1 fully saturated rings. The summed E-state index contributed by atoms with van der Waals surface area (Å²) in [7, 11) is -3.43.